The Labute approximate surface area is 213 Å². The van der Waals surface area contributed by atoms with Gasteiger partial charge in [0.05, 0.1) is 19.9 Å². The molecule has 0 aliphatic carbocycles. The average Bonchev–Trinajstić information content (AvgIpc) is 3.22. The van der Waals surface area contributed by atoms with Gasteiger partial charge in [-0.05, 0) is 62.1 Å². The van der Waals surface area contributed by atoms with Crippen LogP contribution >= 0.6 is 11.5 Å². The third-order valence-corrected chi connectivity index (χ3v) is 5.99. The topological polar surface area (TPSA) is 150 Å². The predicted molar refractivity (Wildman–Crippen MR) is 138 cm³/mol. The van der Waals surface area contributed by atoms with Crippen molar-refractivity contribution in [1.82, 2.24) is 9.69 Å². The van der Waals surface area contributed by atoms with E-state index in [-0.39, 0.29) is 16.3 Å². The molecule has 0 aliphatic rings. The molecule has 11 heteroatoms. The van der Waals surface area contributed by atoms with Crippen molar-refractivity contribution < 1.29 is 23.9 Å². The third-order valence-electron chi connectivity index (χ3n) is 5.14. The molecule has 1 aromatic heterocycles. The predicted octanol–water partition coefficient (Wildman–Crippen LogP) is 3.14. The number of hydrogen-bond donors (Lipinski definition) is 3. The summed E-state index contributed by atoms with van der Waals surface area (Å²) in [5, 5.41) is 2.96. The van der Waals surface area contributed by atoms with Crippen LogP contribution < -0.4 is 31.2 Å². The molecule has 1 heterocycles. The van der Waals surface area contributed by atoms with Crippen LogP contribution in [0.4, 0.5) is 11.4 Å². The number of hydrogen-bond acceptors (Lipinski definition) is 8. The number of rotatable bonds is 8. The average molecular weight is 512 g/mol. The zero-order valence-electron chi connectivity index (χ0n) is 20.7. The van der Waals surface area contributed by atoms with E-state index < -0.39 is 29.3 Å². The van der Waals surface area contributed by atoms with Crippen LogP contribution in [0.2, 0.25) is 0 Å². The van der Waals surface area contributed by atoms with Gasteiger partial charge in [-0.15, -0.1) is 0 Å². The minimum Gasteiger partial charge on any atom is -0.493 e. The molecule has 5 N–H and O–H groups in total. The van der Waals surface area contributed by atoms with Crippen molar-refractivity contribution >= 4 is 40.6 Å². The number of nitrogens with two attached hydrogens (primary N) is 2. The highest BCUT2D eigenvalue weighted by atomic mass is 32.1. The molecular formula is C25H29N5O5S. The molecule has 1 atom stereocenters. The first-order valence-corrected chi connectivity index (χ1v) is 11.7. The van der Waals surface area contributed by atoms with Gasteiger partial charge in [-0.3, -0.25) is 19.3 Å². The molecule has 0 saturated heterocycles. The molecule has 190 valence electrons. The van der Waals surface area contributed by atoms with Gasteiger partial charge in [-0.25, -0.2) is 0 Å². The van der Waals surface area contributed by atoms with Crippen LogP contribution in [-0.2, 0) is 4.79 Å². The summed E-state index contributed by atoms with van der Waals surface area (Å²) in [7, 11) is 2.99. The van der Waals surface area contributed by atoms with Crippen molar-refractivity contribution in [2.75, 3.05) is 24.9 Å². The molecule has 36 heavy (non-hydrogen) atoms. The van der Waals surface area contributed by atoms with Gasteiger partial charge in [0.1, 0.15) is 10.9 Å². The Balaban J connectivity index is 2.26. The van der Waals surface area contributed by atoms with Crippen molar-refractivity contribution in [2.45, 2.75) is 32.4 Å². The Hall–Kier alpha value is -4.12. The highest BCUT2D eigenvalue weighted by Crippen LogP contribution is 2.36. The number of para-hydroxylation sites is 1. The van der Waals surface area contributed by atoms with Gasteiger partial charge in [0.25, 0.3) is 11.8 Å². The number of methoxy groups -OCH3 is 2. The maximum Gasteiger partial charge on any atom is 0.273 e. The second-order valence-electron chi connectivity index (χ2n) is 8.91. The number of aromatic nitrogens is 1. The fourth-order valence-corrected chi connectivity index (χ4v) is 4.33. The number of amides is 3. The standard InChI is InChI=1S/C25H29N5O5S/c1-25(2,3)28-23(32)20(14-11-12-16(34-4)17(13-14)35-5)30(15-9-7-6-8-10-15)24(33)21-18(26)19(22(27)31)29-36-21/h6-13,20H,26H2,1-5H3,(H2,27,31)(H,28,32)/t20-/m1/s1. The Morgan fingerprint density at radius 3 is 2.19 bits per heavy atom. The van der Waals surface area contributed by atoms with E-state index in [0.29, 0.717) is 22.7 Å². The molecule has 2 aromatic carbocycles. The molecule has 0 spiro atoms. The normalized spacial score (nSPS) is 11.9. The molecule has 3 aromatic rings. The first-order chi connectivity index (χ1) is 17.0. The van der Waals surface area contributed by atoms with Gasteiger partial charge in [0.2, 0.25) is 5.91 Å². The molecule has 3 amide bonds. The van der Waals surface area contributed by atoms with Crippen molar-refractivity contribution in [1.29, 1.82) is 0 Å². The molecule has 0 bridgehead atoms. The van der Waals surface area contributed by atoms with Crippen molar-refractivity contribution in [3.05, 3.63) is 64.7 Å². The van der Waals surface area contributed by atoms with Gasteiger partial charge in [-0.2, -0.15) is 4.37 Å². The van der Waals surface area contributed by atoms with E-state index in [1.54, 1.807) is 48.5 Å². The number of anilines is 2. The number of nitrogens with one attached hydrogen (secondary N) is 1. The molecule has 0 radical (unpaired) electrons. The molecule has 0 unspecified atom stereocenters. The van der Waals surface area contributed by atoms with Crippen LogP contribution in [0.1, 0.15) is 52.5 Å². The molecular weight excluding hydrogens is 482 g/mol. The van der Waals surface area contributed by atoms with Crippen molar-refractivity contribution in [2.24, 2.45) is 5.73 Å². The Morgan fingerprint density at radius 2 is 1.67 bits per heavy atom. The maximum absolute atomic E-state index is 14.0. The SMILES string of the molecule is COc1ccc([C@H](C(=O)NC(C)(C)C)N(C(=O)c2snc(C(N)=O)c2N)c2ccccc2)cc1OC. The van der Waals surface area contributed by atoms with E-state index in [1.807, 2.05) is 20.8 Å². The Bertz CT molecular complexity index is 1270. The number of benzene rings is 2. The summed E-state index contributed by atoms with van der Waals surface area (Å²) >= 11 is 0.743. The largest absolute Gasteiger partial charge is 0.493 e. The summed E-state index contributed by atoms with van der Waals surface area (Å²) in [5.74, 6) is -1.06. The van der Waals surface area contributed by atoms with Crippen LogP contribution in [0.3, 0.4) is 0 Å². The van der Waals surface area contributed by atoms with Crippen LogP contribution in [-0.4, -0.2) is 41.9 Å². The fraction of sp³-hybridized carbons (Fsp3) is 0.280. The number of nitrogens with zero attached hydrogens (tertiary/aromatic N) is 2. The Kier molecular flexibility index (Phi) is 7.83. The lowest BCUT2D eigenvalue weighted by atomic mass is 10.00. The van der Waals surface area contributed by atoms with Gasteiger partial charge in [0, 0.05) is 11.2 Å². The van der Waals surface area contributed by atoms with E-state index in [2.05, 4.69) is 9.69 Å². The number of primary amides is 1. The zero-order valence-corrected chi connectivity index (χ0v) is 21.5. The lowest BCUT2D eigenvalue weighted by Gasteiger charge is -2.33. The molecule has 3 rings (SSSR count). The molecule has 10 nitrogen and oxygen atoms in total. The quantitative estimate of drug-likeness (QED) is 0.420. The fourth-order valence-electron chi connectivity index (χ4n) is 3.59. The minimum atomic E-state index is -1.14. The molecule has 0 aliphatic heterocycles. The summed E-state index contributed by atoms with van der Waals surface area (Å²) in [5.41, 5.74) is 11.4. The van der Waals surface area contributed by atoms with E-state index >= 15 is 0 Å². The first-order valence-electron chi connectivity index (χ1n) is 11.0. The summed E-state index contributed by atoms with van der Waals surface area (Å²) in [4.78, 5) is 40.8. The van der Waals surface area contributed by atoms with Crippen LogP contribution in [0.5, 0.6) is 11.5 Å². The van der Waals surface area contributed by atoms with E-state index in [4.69, 9.17) is 20.9 Å². The second kappa shape index (κ2) is 10.6. The number of ether oxygens (including phenoxy) is 2. The van der Waals surface area contributed by atoms with Gasteiger partial charge in [0.15, 0.2) is 17.2 Å². The van der Waals surface area contributed by atoms with E-state index in [0.717, 1.165) is 11.5 Å². The van der Waals surface area contributed by atoms with E-state index in [9.17, 15) is 14.4 Å². The minimum absolute atomic E-state index is 0.0123. The van der Waals surface area contributed by atoms with E-state index in [1.165, 1.54) is 19.1 Å². The van der Waals surface area contributed by atoms with Crippen LogP contribution in [0.25, 0.3) is 0 Å². The van der Waals surface area contributed by atoms with Crippen LogP contribution in [0.15, 0.2) is 48.5 Å². The lowest BCUT2D eigenvalue weighted by Crippen LogP contribution is -2.49. The maximum atomic E-state index is 14.0. The smallest absolute Gasteiger partial charge is 0.273 e. The van der Waals surface area contributed by atoms with Gasteiger partial charge < -0.3 is 26.3 Å². The zero-order chi connectivity index (χ0) is 26.6. The summed E-state index contributed by atoms with van der Waals surface area (Å²) in [6.07, 6.45) is 0. The van der Waals surface area contributed by atoms with Gasteiger partial charge in [-0.1, -0.05) is 24.3 Å². The molecule has 0 saturated carbocycles. The lowest BCUT2D eigenvalue weighted by molar-refractivity contribution is -0.123. The summed E-state index contributed by atoms with van der Waals surface area (Å²) in [6, 6.07) is 12.5. The number of nitrogen functional groups attached to an aromatic ring is 1. The summed E-state index contributed by atoms with van der Waals surface area (Å²) < 4.78 is 14.7. The highest BCUT2D eigenvalue weighted by Gasteiger charge is 2.37. The number of carbonyl (C=O) groups is 3. The molecule has 0 fully saturated rings. The third kappa shape index (κ3) is 5.57. The summed E-state index contributed by atoms with van der Waals surface area (Å²) in [6.45, 7) is 5.52. The Morgan fingerprint density at radius 1 is 1.03 bits per heavy atom. The second-order valence-corrected chi connectivity index (χ2v) is 9.68. The highest BCUT2D eigenvalue weighted by molar-refractivity contribution is 7.09. The monoisotopic (exact) mass is 511 g/mol. The van der Waals surface area contributed by atoms with Gasteiger partial charge >= 0.3 is 0 Å². The van der Waals surface area contributed by atoms with Crippen LogP contribution in [0, 0.1) is 0 Å². The van der Waals surface area contributed by atoms with Crippen molar-refractivity contribution in [3.8, 4) is 11.5 Å². The first kappa shape index (κ1) is 26.5. The van der Waals surface area contributed by atoms with Crippen molar-refractivity contribution in [3.63, 3.8) is 0 Å². The number of carbonyl (C=O) groups excluding carboxylic acids is 3.